The number of anilines is 1. The zero-order chi connectivity index (χ0) is 20.2. The Balaban J connectivity index is 1.51. The fraction of sp³-hybridized carbons (Fsp3) is 0.261. The molecular weight excluding hydrogens is 425 g/mol. The maximum Gasteiger partial charge on any atom is 0.125 e. The van der Waals surface area contributed by atoms with Gasteiger partial charge in [0.1, 0.15) is 5.82 Å². The highest BCUT2D eigenvalue weighted by atomic mass is 35.5. The molecule has 1 aliphatic rings. The summed E-state index contributed by atoms with van der Waals surface area (Å²) in [6, 6.07) is 20.3. The number of pyridine rings is 1. The number of hydrogen-bond donors (Lipinski definition) is 1. The Morgan fingerprint density at radius 1 is 0.931 bits per heavy atom. The van der Waals surface area contributed by atoms with Gasteiger partial charge in [0.05, 0.1) is 15.1 Å². The van der Waals surface area contributed by atoms with Crippen LogP contribution in [0.1, 0.15) is 17.0 Å². The van der Waals surface area contributed by atoms with Crippen LogP contribution in [-0.4, -0.2) is 29.5 Å². The predicted octanol–water partition coefficient (Wildman–Crippen LogP) is 6.37. The lowest BCUT2D eigenvalue weighted by Gasteiger charge is -2.20. The SMILES string of the molecule is Clc1ccc(NCC2CN(Cc3ccccc3)CC2c2ccc(Cl)c(Cl)c2)nc1. The van der Waals surface area contributed by atoms with E-state index >= 15 is 0 Å². The molecule has 0 saturated carbocycles. The van der Waals surface area contributed by atoms with Crippen molar-refractivity contribution in [3.63, 3.8) is 0 Å². The normalized spacial score (nSPS) is 19.4. The average molecular weight is 447 g/mol. The number of aromatic nitrogens is 1. The lowest BCUT2D eigenvalue weighted by Crippen LogP contribution is -2.23. The summed E-state index contributed by atoms with van der Waals surface area (Å²) >= 11 is 18.4. The van der Waals surface area contributed by atoms with Gasteiger partial charge in [0.2, 0.25) is 0 Å². The van der Waals surface area contributed by atoms with Crippen LogP contribution in [0.3, 0.4) is 0 Å². The fourth-order valence-corrected chi connectivity index (χ4v) is 4.39. The monoisotopic (exact) mass is 445 g/mol. The van der Waals surface area contributed by atoms with Gasteiger partial charge in [-0.2, -0.15) is 0 Å². The highest BCUT2D eigenvalue weighted by Crippen LogP contribution is 2.36. The van der Waals surface area contributed by atoms with Crippen molar-refractivity contribution in [2.24, 2.45) is 5.92 Å². The summed E-state index contributed by atoms with van der Waals surface area (Å²) in [5, 5.41) is 5.31. The van der Waals surface area contributed by atoms with Crippen LogP contribution in [0.5, 0.6) is 0 Å². The van der Waals surface area contributed by atoms with Crippen LogP contribution in [0.2, 0.25) is 15.1 Å². The standard InChI is InChI=1S/C23H22Cl3N3/c24-19-7-9-23(28-12-19)27-11-18-14-29(13-16-4-2-1-3-5-16)15-20(18)17-6-8-21(25)22(26)10-17/h1-10,12,18,20H,11,13-15H2,(H,27,28). The first-order chi connectivity index (χ1) is 14.1. The van der Waals surface area contributed by atoms with E-state index in [1.54, 1.807) is 6.20 Å². The zero-order valence-electron chi connectivity index (χ0n) is 15.9. The molecule has 3 nitrogen and oxygen atoms in total. The third-order valence-corrected chi connectivity index (χ3v) is 6.37. The smallest absolute Gasteiger partial charge is 0.125 e. The van der Waals surface area contributed by atoms with Crippen LogP contribution in [0, 0.1) is 5.92 Å². The van der Waals surface area contributed by atoms with Crippen molar-refractivity contribution in [1.29, 1.82) is 0 Å². The van der Waals surface area contributed by atoms with Gasteiger partial charge in [0.15, 0.2) is 0 Å². The van der Waals surface area contributed by atoms with Gasteiger partial charge in [-0.1, -0.05) is 71.2 Å². The van der Waals surface area contributed by atoms with Gasteiger partial charge in [-0.15, -0.1) is 0 Å². The number of hydrogen-bond acceptors (Lipinski definition) is 3. The first-order valence-corrected chi connectivity index (χ1v) is 10.8. The molecule has 1 saturated heterocycles. The molecule has 0 spiro atoms. The van der Waals surface area contributed by atoms with Gasteiger partial charge in [0.25, 0.3) is 0 Å². The molecule has 1 fully saturated rings. The molecule has 1 aliphatic heterocycles. The Morgan fingerprint density at radius 2 is 1.76 bits per heavy atom. The number of benzene rings is 2. The Morgan fingerprint density at radius 3 is 2.48 bits per heavy atom. The van der Waals surface area contributed by atoms with E-state index in [9.17, 15) is 0 Å². The predicted molar refractivity (Wildman–Crippen MR) is 122 cm³/mol. The summed E-state index contributed by atoms with van der Waals surface area (Å²) in [6.45, 7) is 3.74. The molecule has 0 aliphatic carbocycles. The molecular formula is C23H22Cl3N3. The quantitative estimate of drug-likeness (QED) is 0.477. The highest BCUT2D eigenvalue weighted by molar-refractivity contribution is 6.42. The van der Waals surface area contributed by atoms with Crippen LogP contribution in [0.15, 0.2) is 66.9 Å². The van der Waals surface area contributed by atoms with E-state index in [-0.39, 0.29) is 0 Å². The van der Waals surface area contributed by atoms with E-state index in [2.05, 4.69) is 51.6 Å². The average Bonchev–Trinajstić information content (AvgIpc) is 3.13. The van der Waals surface area contributed by atoms with Gasteiger partial charge >= 0.3 is 0 Å². The van der Waals surface area contributed by atoms with Crippen LogP contribution < -0.4 is 5.32 Å². The van der Waals surface area contributed by atoms with E-state index in [0.717, 1.165) is 32.0 Å². The minimum absolute atomic E-state index is 0.369. The van der Waals surface area contributed by atoms with E-state index < -0.39 is 0 Å². The van der Waals surface area contributed by atoms with Crippen LogP contribution in [0.25, 0.3) is 0 Å². The van der Waals surface area contributed by atoms with Crippen LogP contribution in [0.4, 0.5) is 5.82 Å². The zero-order valence-corrected chi connectivity index (χ0v) is 18.1. The second-order valence-electron chi connectivity index (χ2n) is 7.46. The molecule has 2 aromatic carbocycles. The Labute approximate surface area is 186 Å². The van der Waals surface area contributed by atoms with E-state index in [1.807, 2.05) is 24.3 Å². The van der Waals surface area contributed by atoms with Crippen LogP contribution in [-0.2, 0) is 6.54 Å². The lowest BCUT2D eigenvalue weighted by atomic mass is 9.89. The third kappa shape index (κ3) is 5.23. The Hall–Kier alpha value is -1.78. The van der Waals surface area contributed by atoms with Crippen molar-refractivity contribution in [1.82, 2.24) is 9.88 Å². The maximum absolute atomic E-state index is 6.31. The highest BCUT2D eigenvalue weighted by Gasteiger charge is 2.34. The van der Waals surface area contributed by atoms with E-state index in [0.29, 0.717) is 26.9 Å². The molecule has 2 atom stereocenters. The number of nitrogens with zero attached hydrogens (tertiary/aromatic N) is 2. The van der Waals surface area contributed by atoms with Gasteiger partial charge in [-0.3, -0.25) is 4.90 Å². The molecule has 29 heavy (non-hydrogen) atoms. The van der Waals surface area contributed by atoms with Crippen molar-refractivity contribution in [2.75, 3.05) is 25.0 Å². The molecule has 150 valence electrons. The van der Waals surface area contributed by atoms with Gasteiger partial charge in [0, 0.05) is 38.3 Å². The first kappa shape index (κ1) is 20.5. The van der Waals surface area contributed by atoms with Crippen LogP contribution >= 0.6 is 34.8 Å². The minimum atomic E-state index is 0.369. The Kier molecular flexibility index (Phi) is 6.61. The molecule has 0 amide bonds. The molecule has 0 radical (unpaired) electrons. The molecule has 3 aromatic rings. The number of rotatable bonds is 6. The Bertz CT molecular complexity index is 947. The molecule has 6 heteroatoms. The lowest BCUT2D eigenvalue weighted by molar-refractivity contribution is 0.317. The fourth-order valence-electron chi connectivity index (χ4n) is 3.97. The summed E-state index contributed by atoms with van der Waals surface area (Å²) in [4.78, 5) is 6.86. The van der Waals surface area contributed by atoms with Crippen molar-refractivity contribution in [3.8, 4) is 0 Å². The summed E-state index contributed by atoms with van der Waals surface area (Å²) < 4.78 is 0. The van der Waals surface area contributed by atoms with Gasteiger partial charge in [-0.05, 0) is 41.3 Å². The largest absolute Gasteiger partial charge is 0.370 e. The number of likely N-dealkylation sites (tertiary alicyclic amines) is 1. The van der Waals surface area contributed by atoms with E-state index in [4.69, 9.17) is 34.8 Å². The van der Waals surface area contributed by atoms with Crippen molar-refractivity contribution in [2.45, 2.75) is 12.5 Å². The van der Waals surface area contributed by atoms with Gasteiger partial charge in [-0.25, -0.2) is 4.98 Å². The molecule has 0 bridgehead atoms. The molecule has 4 rings (SSSR count). The summed E-state index contributed by atoms with van der Waals surface area (Å²) in [6.07, 6.45) is 1.66. The summed E-state index contributed by atoms with van der Waals surface area (Å²) in [5.74, 6) is 1.63. The molecule has 2 unspecified atom stereocenters. The van der Waals surface area contributed by atoms with Crippen molar-refractivity contribution in [3.05, 3.63) is 93.1 Å². The number of nitrogens with one attached hydrogen (secondary N) is 1. The topological polar surface area (TPSA) is 28.2 Å². The maximum atomic E-state index is 6.31. The summed E-state index contributed by atoms with van der Waals surface area (Å²) in [7, 11) is 0. The first-order valence-electron chi connectivity index (χ1n) is 9.65. The molecule has 1 N–H and O–H groups in total. The second-order valence-corrected chi connectivity index (χ2v) is 8.71. The van der Waals surface area contributed by atoms with E-state index in [1.165, 1.54) is 11.1 Å². The minimum Gasteiger partial charge on any atom is -0.370 e. The number of halogens is 3. The van der Waals surface area contributed by atoms with Crippen molar-refractivity contribution < 1.29 is 0 Å². The third-order valence-electron chi connectivity index (χ3n) is 5.41. The van der Waals surface area contributed by atoms with Gasteiger partial charge < -0.3 is 5.32 Å². The van der Waals surface area contributed by atoms with Crippen molar-refractivity contribution >= 4 is 40.6 Å². The molecule has 1 aromatic heterocycles. The second kappa shape index (κ2) is 9.36. The summed E-state index contributed by atoms with van der Waals surface area (Å²) in [5.41, 5.74) is 2.55. The molecule has 2 heterocycles.